The zero-order valence-electron chi connectivity index (χ0n) is 21.5. The van der Waals surface area contributed by atoms with Crippen LogP contribution in [0.3, 0.4) is 0 Å². The molecule has 0 saturated carbocycles. The van der Waals surface area contributed by atoms with E-state index < -0.39 is 15.7 Å². The third-order valence-electron chi connectivity index (χ3n) is 7.23. The minimum Gasteiger partial charge on any atom is -0.422 e. The molecule has 38 heavy (non-hydrogen) atoms. The molecular weight excluding hydrogens is 498 g/mol. The van der Waals surface area contributed by atoms with Gasteiger partial charge in [-0.05, 0) is 69.0 Å². The lowest BCUT2D eigenvalue weighted by molar-refractivity contribution is -0.438. The van der Waals surface area contributed by atoms with Crippen molar-refractivity contribution in [2.24, 2.45) is 0 Å². The van der Waals surface area contributed by atoms with E-state index in [0.717, 1.165) is 46.3 Å². The maximum atomic E-state index is 12.9. The van der Waals surface area contributed by atoms with Gasteiger partial charge >= 0.3 is 5.63 Å². The van der Waals surface area contributed by atoms with Crippen LogP contribution in [0.1, 0.15) is 55.4 Å². The second-order valence-corrected chi connectivity index (χ2v) is 11.8. The summed E-state index contributed by atoms with van der Waals surface area (Å²) >= 11 is 0. The summed E-state index contributed by atoms with van der Waals surface area (Å²) in [5.41, 5.74) is 5.49. The number of para-hydroxylation sites is 1. The average molecular weight is 529 g/mol. The second kappa shape index (κ2) is 10.2. The van der Waals surface area contributed by atoms with Crippen molar-refractivity contribution in [2.75, 3.05) is 12.3 Å². The Morgan fingerprint density at radius 3 is 2.76 bits per heavy atom. The minimum absolute atomic E-state index is 0.263. The number of nitrogens with zero attached hydrogens (tertiary/aromatic N) is 1. The average Bonchev–Trinajstić information content (AvgIpc) is 3.06. The summed E-state index contributed by atoms with van der Waals surface area (Å²) in [5, 5.41) is 0.857. The lowest BCUT2D eigenvalue weighted by atomic mass is 9.81. The highest BCUT2D eigenvalue weighted by Gasteiger charge is 2.43. The van der Waals surface area contributed by atoms with Crippen LogP contribution in [0, 0.1) is 11.8 Å². The van der Waals surface area contributed by atoms with E-state index in [-0.39, 0.29) is 11.2 Å². The van der Waals surface area contributed by atoms with Crippen molar-refractivity contribution in [3.05, 3.63) is 93.4 Å². The maximum Gasteiger partial charge on any atom is 0.343 e. The summed E-state index contributed by atoms with van der Waals surface area (Å²) in [5.74, 6) is 5.89. The predicted molar refractivity (Wildman–Crippen MR) is 151 cm³/mol. The normalized spacial score (nSPS) is 16.2. The fourth-order valence-corrected chi connectivity index (χ4v) is 5.84. The van der Waals surface area contributed by atoms with E-state index >= 15 is 0 Å². The maximum absolute atomic E-state index is 12.9. The van der Waals surface area contributed by atoms with Crippen LogP contribution in [-0.4, -0.2) is 35.6 Å². The molecule has 5 rings (SSSR count). The van der Waals surface area contributed by atoms with Gasteiger partial charge in [0.15, 0.2) is 5.71 Å². The van der Waals surface area contributed by atoms with E-state index in [9.17, 15) is 13.2 Å². The van der Waals surface area contributed by atoms with E-state index in [1.807, 2.05) is 36.4 Å². The molecule has 1 aromatic heterocycles. The standard InChI is InChI=1S/C31H29NO5S/c1-31(2)26-13-7-8-14-27(26)32(17-9-10-18-38(34,35)36)29(31)16-15-24-20-25-19-22-11-5-3-4-6-12-23(22)21-28(25)37-30(24)33/h3-4,7-8,13-16,19-21H,5,9-11,17-18H2,1-2H3/p+1. The van der Waals surface area contributed by atoms with E-state index in [4.69, 9.17) is 8.97 Å². The van der Waals surface area contributed by atoms with Gasteiger partial charge in [-0.2, -0.15) is 13.0 Å². The molecule has 2 aliphatic rings. The number of hydrogen-bond donors (Lipinski definition) is 1. The number of allylic oxidation sites excluding steroid dienone is 3. The molecule has 1 aliphatic heterocycles. The Morgan fingerprint density at radius 1 is 1.13 bits per heavy atom. The second-order valence-electron chi connectivity index (χ2n) is 10.3. The van der Waals surface area contributed by atoms with Crippen LogP contribution < -0.4 is 5.63 Å². The van der Waals surface area contributed by atoms with Crippen LogP contribution in [0.5, 0.6) is 0 Å². The highest BCUT2D eigenvalue weighted by molar-refractivity contribution is 7.85. The van der Waals surface area contributed by atoms with Gasteiger partial charge < -0.3 is 4.42 Å². The Hall–Kier alpha value is -3.73. The van der Waals surface area contributed by atoms with Crippen molar-refractivity contribution in [3.63, 3.8) is 0 Å². The molecule has 0 saturated heterocycles. The lowest BCUT2D eigenvalue weighted by Crippen LogP contribution is -2.28. The largest absolute Gasteiger partial charge is 0.422 e. The first-order chi connectivity index (χ1) is 18.1. The number of benzene rings is 2. The molecule has 6 nitrogen and oxygen atoms in total. The summed E-state index contributed by atoms with van der Waals surface area (Å²) in [6.45, 7) is 4.86. The van der Waals surface area contributed by atoms with Crippen molar-refractivity contribution < 1.29 is 22.0 Å². The Kier molecular flexibility index (Phi) is 6.95. The zero-order valence-corrected chi connectivity index (χ0v) is 22.3. The van der Waals surface area contributed by atoms with E-state index in [0.29, 0.717) is 30.5 Å². The van der Waals surface area contributed by atoms with Gasteiger partial charge in [0.05, 0.1) is 16.7 Å². The summed E-state index contributed by atoms with van der Waals surface area (Å²) in [6.07, 6.45) is 10.4. The van der Waals surface area contributed by atoms with Crippen LogP contribution in [0.15, 0.2) is 69.9 Å². The molecule has 3 aromatic rings. The molecule has 2 heterocycles. The fraction of sp³-hybridized carbons (Fsp3) is 0.290. The first-order valence-corrected chi connectivity index (χ1v) is 14.4. The van der Waals surface area contributed by atoms with E-state index in [1.165, 1.54) is 0 Å². The highest BCUT2D eigenvalue weighted by Crippen LogP contribution is 2.40. The van der Waals surface area contributed by atoms with Gasteiger partial charge in [-0.25, -0.2) is 4.79 Å². The van der Waals surface area contributed by atoms with Gasteiger partial charge in [0.2, 0.25) is 5.69 Å². The van der Waals surface area contributed by atoms with Crippen molar-refractivity contribution in [1.29, 1.82) is 0 Å². The monoisotopic (exact) mass is 528 g/mol. The van der Waals surface area contributed by atoms with Crippen LogP contribution >= 0.6 is 0 Å². The molecule has 7 heteroatoms. The number of hydrogen-bond acceptors (Lipinski definition) is 4. The summed E-state index contributed by atoms with van der Waals surface area (Å²) in [4.78, 5) is 12.9. The fourth-order valence-electron chi connectivity index (χ4n) is 5.27. The van der Waals surface area contributed by atoms with Crippen molar-refractivity contribution >= 4 is 38.6 Å². The zero-order chi connectivity index (χ0) is 26.9. The van der Waals surface area contributed by atoms with Gasteiger partial charge in [-0.1, -0.05) is 36.1 Å². The van der Waals surface area contributed by atoms with E-state index in [2.05, 4.69) is 54.5 Å². The van der Waals surface area contributed by atoms with Crippen molar-refractivity contribution in [3.8, 4) is 11.8 Å². The summed E-state index contributed by atoms with van der Waals surface area (Å²) in [6, 6.07) is 13.9. The molecule has 194 valence electrons. The van der Waals surface area contributed by atoms with E-state index in [1.54, 1.807) is 6.08 Å². The summed E-state index contributed by atoms with van der Waals surface area (Å²) < 4.78 is 39.3. The molecule has 0 unspecified atom stereocenters. The molecule has 0 spiro atoms. The molecule has 0 atom stereocenters. The quantitative estimate of drug-likeness (QED) is 0.146. The lowest BCUT2D eigenvalue weighted by Gasteiger charge is -2.15. The highest BCUT2D eigenvalue weighted by atomic mass is 32.2. The number of aryl methyl sites for hydroxylation is 1. The van der Waals surface area contributed by atoms with Crippen LogP contribution in [0.25, 0.3) is 17.0 Å². The van der Waals surface area contributed by atoms with Crippen LogP contribution in [-0.2, 0) is 22.0 Å². The SMILES string of the molecule is CC1(C)C(C=Cc2cc3cc4c(cc3oc2=O)C#CC=CCC4)=[N+](CCCCS(=O)(=O)O)c2ccccc21. The number of fused-ring (bicyclic) bond motifs is 3. The minimum atomic E-state index is -3.99. The molecule has 0 bridgehead atoms. The molecular formula is C31H30NO5S+. The summed E-state index contributed by atoms with van der Waals surface area (Å²) in [7, 11) is -3.99. The van der Waals surface area contributed by atoms with Gasteiger partial charge in [-0.15, -0.1) is 0 Å². The van der Waals surface area contributed by atoms with Crippen molar-refractivity contribution in [1.82, 2.24) is 0 Å². The topological polar surface area (TPSA) is 87.6 Å². The van der Waals surface area contributed by atoms with Gasteiger partial charge in [-0.3, -0.25) is 4.55 Å². The molecule has 2 aromatic carbocycles. The van der Waals surface area contributed by atoms with Crippen LogP contribution in [0.4, 0.5) is 5.69 Å². The van der Waals surface area contributed by atoms with Gasteiger partial charge in [0, 0.05) is 35.1 Å². The molecule has 0 radical (unpaired) electrons. The molecule has 1 aliphatic carbocycles. The van der Waals surface area contributed by atoms with Gasteiger partial charge in [0.1, 0.15) is 12.1 Å². The Labute approximate surface area is 222 Å². The molecule has 1 N–H and O–H groups in total. The molecule has 0 amide bonds. The number of rotatable bonds is 7. The van der Waals surface area contributed by atoms with Crippen LogP contribution in [0.2, 0.25) is 0 Å². The Bertz CT molecular complexity index is 1740. The first kappa shape index (κ1) is 25.9. The smallest absolute Gasteiger partial charge is 0.343 e. The van der Waals surface area contributed by atoms with Crippen molar-refractivity contribution in [2.45, 2.75) is 44.9 Å². The first-order valence-electron chi connectivity index (χ1n) is 12.8. The third kappa shape index (κ3) is 5.28. The Balaban J connectivity index is 1.52. The molecule has 0 fully saturated rings. The third-order valence-corrected chi connectivity index (χ3v) is 8.03. The number of unbranched alkanes of at least 4 members (excludes halogenated alkanes) is 1. The van der Waals surface area contributed by atoms with Gasteiger partial charge in [0.25, 0.3) is 10.1 Å². The Morgan fingerprint density at radius 2 is 1.95 bits per heavy atom. The predicted octanol–water partition coefficient (Wildman–Crippen LogP) is 5.40.